The van der Waals surface area contributed by atoms with Gasteiger partial charge in [0.1, 0.15) is 0 Å². The van der Waals surface area contributed by atoms with Crippen LogP contribution < -0.4 is 10.6 Å². The Morgan fingerprint density at radius 3 is 1.48 bits per heavy atom. The Bertz CT molecular complexity index is 1070. The van der Waals surface area contributed by atoms with Crippen molar-refractivity contribution in [2.45, 2.75) is 27.7 Å². The highest BCUT2D eigenvalue weighted by molar-refractivity contribution is 7.93. The molecule has 31 heavy (non-hydrogen) atoms. The minimum atomic E-state index is -3.44. The van der Waals surface area contributed by atoms with E-state index in [-0.39, 0.29) is 11.1 Å². The normalized spacial score (nSPS) is 10.6. The third-order valence-electron chi connectivity index (χ3n) is 4.78. The number of hydrogen-bond acceptors (Lipinski definition) is 3. The van der Waals surface area contributed by atoms with Gasteiger partial charge in [0.05, 0.1) is 0 Å². The maximum atomic E-state index is 14.2. The van der Waals surface area contributed by atoms with Gasteiger partial charge in [-0.2, -0.15) is 0 Å². The second-order valence-corrected chi connectivity index (χ2v) is 10.1. The molecule has 0 aromatic heterocycles. The Morgan fingerprint density at radius 1 is 0.806 bits per heavy atom. The van der Waals surface area contributed by atoms with Crippen LogP contribution in [0.4, 0.5) is 0 Å². The smallest absolute Gasteiger partial charge is 0.330 e. The average molecular weight is 434 g/mol. The van der Waals surface area contributed by atoms with Crippen molar-refractivity contribution < 1.29 is 19.3 Å². The summed E-state index contributed by atoms with van der Waals surface area (Å²) in [4.78, 5) is 23.2. The molecule has 0 spiro atoms. The van der Waals surface area contributed by atoms with Gasteiger partial charge in [0.15, 0.2) is 0 Å². The van der Waals surface area contributed by atoms with Crippen molar-refractivity contribution in [1.82, 2.24) is 0 Å². The molecule has 0 saturated heterocycles. The maximum Gasteiger partial charge on any atom is 0.330 e. The first kappa shape index (κ1) is 24.0. The topological polar surface area (TPSA) is 71.4 Å². The Balaban J connectivity index is 0.000000501. The molecule has 0 fully saturated rings. The number of hydrogen-bond donors (Lipinski definition) is 1. The van der Waals surface area contributed by atoms with Crippen molar-refractivity contribution in [1.29, 1.82) is 0 Å². The molecule has 3 aromatic carbocycles. The first-order valence-corrected chi connectivity index (χ1v) is 11.5. The maximum absolute atomic E-state index is 14.2. The Hall–Kier alpha value is -3.23. The van der Waals surface area contributed by atoms with E-state index in [9.17, 15) is 14.2 Å². The number of carbonyl (C=O) groups excluding carboxylic acids is 1. The Labute approximate surface area is 183 Å². The second-order valence-electron chi connectivity index (χ2n) is 7.44. The van der Waals surface area contributed by atoms with Gasteiger partial charge in [-0.3, -0.25) is 4.79 Å². The van der Waals surface area contributed by atoms with E-state index < -0.39 is 13.1 Å². The number of carbonyl (C=O) groups is 2. The zero-order chi connectivity index (χ0) is 23.2. The molecule has 0 atom stereocenters. The number of aryl methyl sites for hydroxylation is 3. The van der Waals surface area contributed by atoms with Crippen molar-refractivity contribution in [2.75, 3.05) is 0 Å². The van der Waals surface area contributed by atoms with Crippen LogP contribution in [-0.4, -0.2) is 16.6 Å². The van der Waals surface area contributed by atoms with Crippen molar-refractivity contribution in [2.24, 2.45) is 0 Å². The number of carboxylic acid groups (broad SMARTS) is 1. The molecular formula is C26H27O4P. The highest BCUT2D eigenvalue weighted by atomic mass is 31.2. The van der Waals surface area contributed by atoms with Crippen molar-refractivity contribution in [3.8, 4) is 0 Å². The lowest BCUT2D eigenvalue weighted by Gasteiger charge is -2.20. The lowest BCUT2D eigenvalue weighted by molar-refractivity contribution is -0.132. The minimum Gasteiger partial charge on any atom is -0.478 e. The van der Waals surface area contributed by atoms with Gasteiger partial charge >= 0.3 is 5.97 Å². The van der Waals surface area contributed by atoms with Gasteiger partial charge in [-0.25, -0.2) is 4.79 Å². The molecule has 0 unspecified atom stereocenters. The summed E-state index contributed by atoms with van der Waals surface area (Å²) in [6.07, 6.45) is 0. The molecule has 0 aliphatic rings. The SMILES string of the molecule is C=C(C)C(=O)O.Cc1cc(C)c(C(=O)P(=O)(c2ccccc2)c2ccccc2)c(C)c1. The van der Waals surface area contributed by atoms with Crippen LogP contribution in [-0.2, 0) is 9.36 Å². The summed E-state index contributed by atoms with van der Waals surface area (Å²) in [5, 5.41) is 9.04. The largest absolute Gasteiger partial charge is 0.478 e. The van der Waals surface area contributed by atoms with E-state index >= 15 is 0 Å². The molecule has 1 N–H and O–H groups in total. The summed E-state index contributed by atoms with van der Waals surface area (Å²) >= 11 is 0. The van der Waals surface area contributed by atoms with Gasteiger partial charge in [0.25, 0.3) is 0 Å². The summed E-state index contributed by atoms with van der Waals surface area (Å²) in [6.45, 7) is 10.4. The van der Waals surface area contributed by atoms with Gasteiger partial charge in [-0.15, -0.1) is 0 Å². The molecule has 0 radical (unpaired) electrons. The molecule has 160 valence electrons. The van der Waals surface area contributed by atoms with Crippen LogP contribution in [0.5, 0.6) is 0 Å². The standard InChI is InChI=1S/C22H21O2P.C4H6O2/c1-16-14-17(2)21(18(3)15-16)22(23)25(24,19-10-6-4-7-11-19)20-12-8-5-9-13-20;1-3(2)4(5)6/h4-15H,1-3H3;1H2,2H3,(H,5,6). The lowest BCUT2D eigenvalue weighted by Crippen LogP contribution is -2.23. The molecule has 3 aromatic rings. The predicted octanol–water partition coefficient (Wildman–Crippen LogP) is 5.41. The summed E-state index contributed by atoms with van der Waals surface area (Å²) in [6, 6.07) is 22.1. The first-order valence-electron chi connectivity index (χ1n) is 9.81. The number of benzene rings is 3. The molecule has 0 aliphatic heterocycles. The van der Waals surface area contributed by atoms with Gasteiger partial charge in [-0.05, 0) is 38.8 Å². The molecule has 0 saturated carbocycles. The van der Waals surface area contributed by atoms with Crippen LogP contribution >= 0.6 is 7.14 Å². The van der Waals surface area contributed by atoms with E-state index in [0.29, 0.717) is 16.2 Å². The van der Waals surface area contributed by atoms with Crippen molar-refractivity contribution in [3.05, 3.63) is 107 Å². The zero-order valence-electron chi connectivity index (χ0n) is 18.3. The molecule has 0 bridgehead atoms. The zero-order valence-corrected chi connectivity index (χ0v) is 19.1. The Kier molecular flexibility index (Phi) is 7.90. The fraction of sp³-hybridized carbons (Fsp3) is 0.154. The molecular weight excluding hydrogens is 407 g/mol. The van der Waals surface area contributed by atoms with Gasteiger partial charge in [0, 0.05) is 21.7 Å². The molecule has 0 aliphatic carbocycles. The fourth-order valence-electron chi connectivity index (χ4n) is 3.33. The highest BCUT2D eigenvalue weighted by Crippen LogP contribution is 2.47. The molecule has 0 amide bonds. The summed E-state index contributed by atoms with van der Waals surface area (Å²) in [5.41, 5.74) is 3.29. The van der Waals surface area contributed by atoms with Crippen LogP contribution in [0.25, 0.3) is 0 Å². The fourth-order valence-corrected chi connectivity index (χ4v) is 5.95. The minimum absolute atomic E-state index is 0.176. The van der Waals surface area contributed by atoms with Crippen LogP contribution in [0.1, 0.15) is 34.0 Å². The molecule has 4 nitrogen and oxygen atoms in total. The monoisotopic (exact) mass is 434 g/mol. The van der Waals surface area contributed by atoms with E-state index in [0.717, 1.165) is 16.7 Å². The summed E-state index contributed by atoms with van der Waals surface area (Å²) < 4.78 is 14.2. The Morgan fingerprint density at radius 2 is 1.16 bits per heavy atom. The van der Waals surface area contributed by atoms with Crippen LogP contribution in [0, 0.1) is 20.8 Å². The molecule has 5 heteroatoms. The number of carboxylic acids is 1. The summed E-state index contributed by atoms with van der Waals surface area (Å²) in [7, 11) is -3.44. The van der Waals surface area contributed by atoms with E-state index in [2.05, 4.69) is 6.58 Å². The van der Waals surface area contributed by atoms with Gasteiger partial charge in [0.2, 0.25) is 12.7 Å². The van der Waals surface area contributed by atoms with Gasteiger partial charge in [-0.1, -0.05) is 84.9 Å². The van der Waals surface area contributed by atoms with Crippen LogP contribution in [0.2, 0.25) is 0 Å². The lowest BCUT2D eigenvalue weighted by atomic mass is 10.0. The summed E-state index contributed by atoms with van der Waals surface area (Å²) in [5.74, 6) is -0.935. The number of aliphatic carboxylic acids is 1. The quantitative estimate of drug-likeness (QED) is 0.430. The highest BCUT2D eigenvalue weighted by Gasteiger charge is 2.37. The number of rotatable bonds is 5. The van der Waals surface area contributed by atoms with E-state index in [1.165, 1.54) is 6.92 Å². The third kappa shape index (κ3) is 5.48. The average Bonchev–Trinajstić information content (AvgIpc) is 2.74. The third-order valence-corrected chi connectivity index (χ3v) is 7.63. The van der Waals surface area contributed by atoms with E-state index in [1.807, 2.05) is 69.3 Å². The molecule has 0 heterocycles. The van der Waals surface area contributed by atoms with E-state index in [1.54, 1.807) is 24.3 Å². The van der Waals surface area contributed by atoms with Gasteiger partial charge < -0.3 is 9.67 Å². The predicted molar refractivity (Wildman–Crippen MR) is 127 cm³/mol. The van der Waals surface area contributed by atoms with E-state index in [4.69, 9.17) is 5.11 Å². The van der Waals surface area contributed by atoms with Crippen LogP contribution in [0.15, 0.2) is 84.9 Å². The van der Waals surface area contributed by atoms with Crippen molar-refractivity contribution in [3.63, 3.8) is 0 Å². The first-order chi connectivity index (χ1) is 14.6. The molecule has 3 rings (SSSR count). The van der Waals surface area contributed by atoms with Crippen molar-refractivity contribution >= 4 is 29.2 Å². The van der Waals surface area contributed by atoms with Crippen LogP contribution in [0.3, 0.4) is 0 Å². The second kappa shape index (κ2) is 10.2.